The maximum atomic E-state index is 5.82. The summed E-state index contributed by atoms with van der Waals surface area (Å²) >= 11 is 1.76. The van der Waals surface area contributed by atoms with Gasteiger partial charge in [-0.05, 0) is 6.42 Å². The Morgan fingerprint density at radius 2 is 2.35 bits per heavy atom. The van der Waals surface area contributed by atoms with Gasteiger partial charge < -0.3 is 15.4 Å². The first-order valence-corrected chi connectivity index (χ1v) is 8.36. The summed E-state index contributed by atoms with van der Waals surface area (Å²) < 4.78 is 5.82. The molecule has 3 unspecified atom stereocenters. The fourth-order valence-corrected chi connectivity index (χ4v) is 3.84. The second-order valence-electron chi connectivity index (χ2n) is 5.94. The van der Waals surface area contributed by atoms with Gasteiger partial charge in [0.1, 0.15) is 0 Å². The van der Waals surface area contributed by atoms with E-state index in [2.05, 4.69) is 35.4 Å². The first-order valence-electron chi connectivity index (χ1n) is 7.21. The Hall–Kier alpha value is -0.860. The highest BCUT2D eigenvalue weighted by molar-refractivity contribution is 7.99. The largest absolute Gasteiger partial charge is 0.377 e. The minimum Gasteiger partial charge on any atom is -0.377 e. The predicted molar refractivity (Wildman–Crippen MR) is 86.1 cm³/mol. The van der Waals surface area contributed by atoms with Crippen LogP contribution in [-0.2, 0) is 4.74 Å². The van der Waals surface area contributed by atoms with E-state index in [4.69, 9.17) is 11.2 Å². The fraction of sp³-hybridized carbons (Fsp3) is 0.800. The number of ether oxygens (including phenoxy) is 1. The number of aliphatic imine (C=N–C) groups is 1. The number of rotatable bonds is 5. The molecule has 0 aromatic rings. The van der Waals surface area contributed by atoms with Gasteiger partial charge in [-0.15, -0.1) is 18.2 Å². The van der Waals surface area contributed by atoms with Crippen molar-refractivity contribution < 1.29 is 4.74 Å². The van der Waals surface area contributed by atoms with Gasteiger partial charge >= 0.3 is 0 Å². The summed E-state index contributed by atoms with van der Waals surface area (Å²) in [5.41, 5.74) is 0.178. The van der Waals surface area contributed by atoms with Crippen molar-refractivity contribution in [2.45, 2.75) is 32.4 Å². The van der Waals surface area contributed by atoms with E-state index in [1.807, 2.05) is 7.05 Å². The normalized spacial score (nSPS) is 31.1. The van der Waals surface area contributed by atoms with Crippen LogP contribution >= 0.6 is 11.8 Å². The van der Waals surface area contributed by atoms with Crippen molar-refractivity contribution in [2.24, 2.45) is 16.3 Å². The van der Waals surface area contributed by atoms with Gasteiger partial charge in [0.2, 0.25) is 0 Å². The molecule has 20 heavy (non-hydrogen) atoms. The number of fused-ring (bicyclic) bond motifs is 1. The van der Waals surface area contributed by atoms with Gasteiger partial charge in [0, 0.05) is 43.3 Å². The zero-order valence-corrected chi connectivity index (χ0v) is 13.4. The van der Waals surface area contributed by atoms with Crippen LogP contribution in [0.25, 0.3) is 0 Å². The van der Waals surface area contributed by atoms with Crippen LogP contribution < -0.4 is 10.6 Å². The highest BCUT2D eigenvalue weighted by atomic mass is 32.2. The first-order chi connectivity index (χ1) is 9.61. The molecule has 1 saturated heterocycles. The molecule has 0 aromatic carbocycles. The van der Waals surface area contributed by atoms with Crippen LogP contribution in [0.3, 0.4) is 0 Å². The van der Waals surface area contributed by atoms with Crippen LogP contribution in [0.1, 0.15) is 20.3 Å². The summed E-state index contributed by atoms with van der Waals surface area (Å²) in [4.78, 5) is 4.31. The predicted octanol–water partition coefficient (Wildman–Crippen LogP) is 1.33. The molecule has 2 rings (SSSR count). The zero-order chi connectivity index (χ0) is 14.6. The van der Waals surface area contributed by atoms with Gasteiger partial charge in [-0.3, -0.25) is 4.99 Å². The van der Waals surface area contributed by atoms with Crippen molar-refractivity contribution >= 4 is 17.7 Å². The quantitative estimate of drug-likeness (QED) is 0.348. The molecular weight excluding hydrogens is 270 g/mol. The molecule has 0 bridgehead atoms. The fourth-order valence-electron chi connectivity index (χ4n) is 3.33. The Morgan fingerprint density at radius 1 is 1.55 bits per heavy atom. The number of hydrogen-bond donors (Lipinski definition) is 2. The van der Waals surface area contributed by atoms with Crippen molar-refractivity contribution in [2.75, 3.05) is 31.7 Å². The van der Waals surface area contributed by atoms with E-state index in [0.717, 1.165) is 37.0 Å². The molecule has 0 aromatic heterocycles. The van der Waals surface area contributed by atoms with Crippen molar-refractivity contribution in [1.29, 1.82) is 0 Å². The molecule has 0 radical (unpaired) electrons. The van der Waals surface area contributed by atoms with Crippen LogP contribution in [0, 0.1) is 23.7 Å². The number of hydrogen-bond acceptors (Lipinski definition) is 3. The third kappa shape index (κ3) is 3.07. The summed E-state index contributed by atoms with van der Waals surface area (Å²) in [5.74, 6) is 5.90. The van der Waals surface area contributed by atoms with Crippen LogP contribution in [0.15, 0.2) is 4.99 Å². The second-order valence-corrected chi connectivity index (χ2v) is 7.05. The Kier molecular flexibility index (Phi) is 5.22. The Labute approximate surface area is 126 Å². The molecule has 1 heterocycles. The molecular formula is C15H25N3OS. The first kappa shape index (κ1) is 15.5. The van der Waals surface area contributed by atoms with Crippen molar-refractivity contribution in [1.82, 2.24) is 10.6 Å². The summed E-state index contributed by atoms with van der Waals surface area (Å²) in [7, 11) is 1.82. The molecule has 0 spiro atoms. The Morgan fingerprint density at radius 3 is 3.05 bits per heavy atom. The van der Waals surface area contributed by atoms with Crippen LogP contribution in [0.4, 0.5) is 0 Å². The second kappa shape index (κ2) is 6.73. The van der Waals surface area contributed by atoms with Crippen molar-refractivity contribution in [3.05, 3.63) is 0 Å². The Balaban J connectivity index is 1.78. The third-order valence-electron chi connectivity index (χ3n) is 4.34. The maximum absolute atomic E-state index is 5.82. The highest BCUT2D eigenvalue weighted by Crippen LogP contribution is 2.51. The molecule has 2 N–H and O–H groups in total. The van der Waals surface area contributed by atoms with Gasteiger partial charge in [-0.1, -0.05) is 19.8 Å². The van der Waals surface area contributed by atoms with E-state index in [-0.39, 0.29) is 5.41 Å². The molecule has 3 atom stereocenters. The van der Waals surface area contributed by atoms with Crippen LogP contribution in [0.2, 0.25) is 0 Å². The summed E-state index contributed by atoms with van der Waals surface area (Å²) in [6.45, 7) is 6.32. The highest BCUT2D eigenvalue weighted by Gasteiger charge is 2.59. The molecule has 1 aliphatic heterocycles. The lowest BCUT2D eigenvalue weighted by molar-refractivity contribution is -0.106. The summed E-state index contributed by atoms with van der Waals surface area (Å²) in [6, 6.07) is 0.444. The number of thioether (sulfide) groups is 1. The standard InChI is InChI=1S/C15H25N3OS/c1-5-9-20-10-7-17-14(16-4)18-12-11-6-8-19-13(11)15(12,2)3/h1,11-13H,6-10H2,2-4H3,(H2,16,17,18). The average Bonchev–Trinajstić information content (AvgIpc) is 2.88. The van der Waals surface area contributed by atoms with E-state index >= 15 is 0 Å². The maximum Gasteiger partial charge on any atom is 0.191 e. The van der Waals surface area contributed by atoms with E-state index in [1.54, 1.807) is 11.8 Å². The van der Waals surface area contributed by atoms with Crippen LogP contribution in [-0.4, -0.2) is 49.8 Å². The minimum absolute atomic E-state index is 0.178. The van der Waals surface area contributed by atoms with Crippen molar-refractivity contribution in [3.8, 4) is 12.3 Å². The van der Waals surface area contributed by atoms with E-state index in [9.17, 15) is 0 Å². The van der Waals surface area contributed by atoms with E-state index < -0.39 is 0 Å². The SMILES string of the molecule is C#CCSCCNC(=NC)NC1C2CCOC2C1(C)C. The molecule has 112 valence electrons. The molecule has 2 fully saturated rings. The summed E-state index contributed by atoms with van der Waals surface area (Å²) in [6.07, 6.45) is 6.79. The number of nitrogens with one attached hydrogen (secondary N) is 2. The molecule has 2 aliphatic rings. The number of terminal acetylenes is 1. The zero-order valence-electron chi connectivity index (χ0n) is 12.6. The minimum atomic E-state index is 0.178. The van der Waals surface area contributed by atoms with Gasteiger partial charge in [0.05, 0.1) is 11.9 Å². The Bertz CT molecular complexity index is 402. The van der Waals surface area contributed by atoms with Gasteiger partial charge in [-0.25, -0.2) is 0 Å². The number of nitrogens with zero attached hydrogens (tertiary/aromatic N) is 1. The van der Waals surface area contributed by atoms with Gasteiger partial charge in [0.15, 0.2) is 5.96 Å². The lowest BCUT2D eigenvalue weighted by atomic mass is 9.57. The average molecular weight is 295 g/mol. The van der Waals surface area contributed by atoms with Gasteiger partial charge in [-0.2, -0.15) is 0 Å². The smallest absolute Gasteiger partial charge is 0.191 e. The topological polar surface area (TPSA) is 45.7 Å². The summed E-state index contributed by atoms with van der Waals surface area (Å²) in [5, 5.41) is 6.92. The lowest BCUT2D eigenvalue weighted by Crippen LogP contribution is -2.68. The molecule has 1 saturated carbocycles. The molecule has 1 aliphatic carbocycles. The molecule has 0 amide bonds. The third-order valence-corrected chi connectivity index (χ3v) is 5.20. The van der Waals surface area contributed by atoms with E-state index in [1.165, 1.54) is 0 Å². The molecule has 4 nitrogen and oxygen atoms in total. The number of guanidine groups is 1. The molecule has 5 heteroatoms. The monoisotopic (exact) mass is 295 g/mol. The van der Waals surface area contributed by atoms with Crippen LogP contribution in [0.5, 0.6) is 0 Å². The van der Waals surface area contributed by atoms with E-state index in [0.29, 0.717) is 18.1 Å². The van der Waals surface area contributed by atoms with Crippen molar-refractivity contribution in [3.63, 3.8) is 0 Å². The lowest BCUT2D eigenvalue weighted by Gasteiger charge is -2.54. The van der Waals surface area contributed by atoms with Gasteiger partial charge in [0.25, 0.3) is 0 Å².